The van der Waals surface area contributed by atoms with E-state index in [-0.39, 0.29) is 62.9 Å². The fourth-order valence-electron chi connectivity index (χ4n) is 9.96. The Morgan fingerprint density at radius 2 is 0.757 bits per heavy atom. The highest BCUT2D eigenvalue weighted by atomic mass is 16.6. The van der Waals surface area contributed by atoms with Gasteiger partial charge in [-0.05, 0) is 105 Å². The van der Waals surface area contributed by atoms with E-state index in [9.17, 15) is 74.1 Å². The largest absolute Gasteiger partial charge is 0.479 e. The molecule has 18 N–H and O–H groups in total. The Bertz CT molecular complexity index is 3020. The summed E-state index contributed by atoms with van der Waals surface area (Å²) in [5.41, 5.74) is 28.1. The maximum absolute atomic E-state index is 11.8. The van der Waals surface area contributed by atoms with Gasteiger partial charge < -0.3 is 122 Å². The molecule has 16 atom stereocenters. The number of carboxylic acids is 2. The molecule has 40 nitrogen and oxygen atoms in total. The maximum atomic E-state index is 11.8. The molecule has 7 fully saturated rings. The Morgan fingerprint density at radius 3 is 1.04 bits per heavy atom. The van der Waals surface area contributed by atoms with Gasteiger partial charge in [-0.2, -0.15) is 0 Å². The fourth-order valence-corrected chi connectivity index (χ4v) is 9.96. The van der Waals surface area contributed by atoms with Gasteiger partial charge in [-0.25, -0.2) is 28.8 Å². The molecule has 6 amide bonds. The molecule has 7 heterocycles. The molecule has 2 aromatic carbocycles. The number of amides is 6. The average molecular weight is 1530 g/mol. The molecule has 40 heteroatoms. The third kappa shape index (κ3) is 35.0. The van der Waals surface area contributed by atoms with E-state index in [0.29, 0.717) is 52.4 Å². The van der Waals surface area contributed by atoms with Gasteiger partial charge in [0.1, 0.15) is 22.4 Å². The Hall–Kier alpha value is -8.38. The summed E-state index contributed by atoms with van der Waals surface area (Å²) in [6, 6.07) is 17.6. The molecule has 0 aliphatic carbocycles. The second-order valence-electron chi connectivity index (χ2n) is 29.9. The third-order valence-electron chi connectivity index (χ3n) is 15.6. The Morgan fingerprint density at radius 1 is 0.467 bits per heavy atom. The van der Waals surface area contributed by atoms with Crippen LogP contribution in [0, 0.1) is 5.92 Å². The molecule has 7 saturated heterocycles. The number of nitrogens with one attached hydrogen (secondary N) is 1. The zero-order valence-corrected chi connectivity index (χ0v) is 62.6. The summed E-state index contributed by atoms with van der Waals surface area (Å²) < 4.78 is 20.7. The van der Waals surface area contributed by atoms with Crippen LogP contribution >= 0.6 is 0 Å². The van der Waals surface area contributed by atoms with E-state index in [1.165, 1.54) is 15.4 Å². The van der Waals surface area contributed by atoms with Crippen LogP contribution in [0.25, 0.3) is 20.9 Å². The molecular formula is C67H111N15O25. The van der Waals surface area contributed by atoms with E-state index in [0.717, 1.165) is 17.0 Å². The van der Waals surface area contributed by atoms with E-state index in [1.54, 1.807) is 75.6 Å². The number of carbonyl (C=O) groups is 8. The van der Waals surface area contributed by atoms with Crippen molar-refractivity contribution in [3.63, 3.8) is 0 Å². The van der Waals surface area contributed by atoms with Crippen LogP contribution in [0.5, 0.6) is 0 Å². The molecule has 107 heavy (non-hydrogen) atoms. The minimum Gasteiger partial charge on any atom is -0.479 e. The highest BCUT2D eigenvalue weighted by Gasteiger charge is 2.46. The van der Waals surface area contributed by atoms with Gasteiger partial charge >= 0.3 is 36.3 Å². The quantitative estimate of drug-likeness (QED) is 0.0489. The minimum atomic E-state index is -2.27. The summed E-state index contributed by atoms with van der Waals surface area (Å²) in [5.74, 6) is -4.89. The van der Waals surface area contributed by atoms with Crippen molar-refractivity contribution in [3.8, 4) is 0 Å². The lowest BCUT2D eigenvalue weighted by Gasteiger charge is -2.24. The lowest BCUT2D eigenvalue weighted by molar-refractivity contribution is -0.165. The van der Waals surface area contributed by atoms with Crippen LogP contribution in [0.2, 0.25) is 0 Å². The van der Waals surface area contributed by atoms with Gasteiger partial charge in [-0.15, -0.1) is 0 Å². The van der Waals surface area contributed by atoms with E-state index in [1.807, 2.05) is 72.7 Å². The average Bonchev–Trinajstić information content (AvgIpc) is 1.66. The number of hydrogen-bond donors (Lipinski definition) is 16. The summed E-state index contributed by atoms with van der Waals surface area (Å²) in [6.45, 7) is 29.2. The number of imide groups is 1. The number of hydrogen-bond acceptors (Lipinski definition) is 29. The molecule has 0 saturated carbocycles. The van der Waals surface area contributed by atoms with Gasteiger partial charge in [-0.1, -0.05) is 77.8 Å². The zero-order chi connectivity index (χ0) is 81.8. The summed E-state index contributed by atoms with van der Waals surface area (Å²) in [5, 5.41) is 125. The van der Waals surface area contributed by atoms with Crippen molar-refractivity contribution < 1.29 is 124 Å². The first-order valence-electron chi connectivity index (χ1n) is 34.2. The van der Waals surface area contributed by atoms with Crippen LogP contribution in [-0.4, -0.2) is 336 Å². The molecule has 7 aliphatic heterocycles. The predicted molar refractivity (Wildman–Crippen MR) is 380 cm³/mol. The van der Waals surface area contributed by atoms with Crippen LogP contribution in [0.4, 0.5) is 19.2 Å². The van der Waals surface area contributed by atoms with Crippen molar-refractivity contribution in [3.05, 3.63) is 92.7 Å². The number of benzene rings is 2. The molecule has 2 aromatic rings. The maximum Gasteiger partial charge on any atom is 0.410 e. The van der Waals surface area contributed by atoms with Crippen molar-refractivity contribution in [2.24, 2.45) is 27.6 Å². The lowest BCUT2D eigenvalue weighted by atomic mass is 10.1. The Balaban J connectivity index is 0.000000419. The highest BCUT2D eigenvalue weighted by Crippen LogP contribution is 2.24. The number of nitrogens with two attached hydrogens (primary N) is 2. The Labute approximate surface area is 620 Å². The fraction of sp³-hybridized carbons (Fsp3) is 0.701. The van der Waals surface area contributed by atoms with Crippen LogP contribution < -0.4 is 16.8 Å². The van der Waals surface area contributed by atoms with E-state index >= 15 is 0 Å². The van der Waals surface area contributed by atoms with Gasteiger partial charge in [0.05, 0.1) is 81.0 Å². The zero-order valence-electron chi connectivity index (χ0n) is 62.6. The van der Waals surface area contributed by atoms with E-state index in [2.05, 4.69) is 42.4 Å². The number of aliphatic hydroxyl groups is 11. The lowest BCUT2D eigenvalue weighted by Crippen LogP contribution is -2.39. The summed E-state index contributed by atoms with van der Waals surface area (Å²) in [4.78, 5) is 103. The van der Waals surface area contributed by atoms with Crippen molar-refractivity contribution in [1.82, 2.24) is 34.7 Å². The smallest absolute Gasteiger partial charge is 0.410 e. The first-order valence-corrected chi connectivity index (χ1v) is 34.2. The molecule has 0 aromatic heterocycles. The highest BCUT2D eigenvalue weighted by molar-refractivity contribution is 6.07. The molecular weight excluding hydrogens is 1410 g/mol. The topological polar surface area (TPSA) is 618 Å². The van der Waals surface area contributed by atoms with E-state index < -0.39 is 138 Å². The number of rotatable bonds is 9. The standard InChI is InChI=1S/C11H11NO4.C11H15NO2.C10H19NO3.C9H15N7O2.C9H19N3O2.C9H17NO4.C4H9NO2.C4H6O6/c13-8-9(14)11(16)12(10(8)15)6-7-4-2-1-3-5-7;13-10-7-12(8-11(10)14)6-9-4-2-1-3-5-9;1-7-5-11(6-8(7)12)9(13)14-10(2,3)4;1-9(2,3)18-8(17)16-4-6(12-14-10)7(5-16)13-15-11;1-9(2,3)14-8(13)12-4-6(10)7(11)5-12;1-9(2,3)14-8(13)10-4-6(11)7(12)5-10;6-3-1-5-2-4(3)7;5-1(3(7)8)2(6)4(9)10/h1-5,8-9,13-14H,6H2;1-5,10-11,13-14H,6-8H2;7-8,12H,5-6H2,1-4H3;6-7H,4-5H2,1-3H3;6-7H,4-5,10-11H2,1-3H3;6-7,11-12H,4-5H2,1-3H3;3-7H,1-2H2;1-2,5-6H,(H,7,8)(H,9,10). The first kappa shape index (κ1) is 94.7. The number of nitrogens with zero attached hydrogens (tertiary/aromatic N) is 12. The number of β-amino-alcohol motifs (C(OH)–C–C–N with tert-alkyl or cyclic N) is 7. The molecule has 0 bridgehead atoms. The van der Waals surface area contributed by atoms with Crippen molar-refractivity contribution in [2.75, 3.05) is 78.5 Å². The van der Waals surface area contributed by atoms with Crippen molar-refractivity contribution >= 4 is 48.1 Å². The van der Waals surface area contributed by atoms with Crippen LogP contribution in [-0.2, 0) is 51.2 Å². The summed E-state index contributed by atoms with van der Waals surface area (Å²) in [7, 11) is 0. The SMILES string of the molecule is CC(C)(C)OC(=O)N1CC(N)C(N)C1.CC(C)(C)OC(=O)N1CC(N=[N+]=[N-])C(N=[N+]=[N-])C1.CC(C)(C)OC(=O)N1CC(O)C(O)C1.CC1CN(C(=O)OC(C)(C)C)CC1O.O=C(O)C(O)C(O)C(=O)O.O=C1C(O)C(O)C(=O)N1Cc1ccccc1.OC1CN(Cc2ccccc2)CC1O.OC1CNCC1O. The first-order chi connectivity index (χ1) is 49.4. The molecule has 9 rings (SSSR count). The van der Waals surface area contributed by atoms with Gasteiger partial charge in [-0.3, -0.25) is 19.4 Å². The number of aliphatic hydroxyl groups excluding tert-OH is 11. The van der Waals surface area contributed by atoms with E-state index in [4.69, 9.17) is 72.1 Å². The predicted octanol–water partition coefficient (Wildman–Crippen LogP) is -0.630. The van der Waals surface area contributed by atoms with Gasteiger partial charge in [0.25, 0.3) is 11.8 Å². The summed E-state index contributed by atoms with van der Waals surface area (Å²) in [6.07, 6.45) is -13.8. The normalized spacial score (nSPS) is 26.5. The van der Waals surface area contributed by atoms with Crippen molar-refractivity contribution in [1.29, 1.82) is 0 Å². The third-order valence-corrected chi connectivity index (χ3v) is 15.6. The second kappa shape index (κ2) is 43.6. The molecule has 0 radical (unpaired) electrons. The van der Waals surface area contributed by atoms with Crippen LogP contribution in [0.1, 0.15) is 101 Å². The van der Waals surface area contributed by atoms with Gasteiger partial charge in [0, 0.05) is 93.3 Å². The number of ether oxygens (including phenoxy) is 4. The van der Waals surface area contributed by atoms with Crippen molar-refractivity contribution in [2.45, 2.75) is 217 Å². The number of likely N-dealkylation sites (tertiary alicyclic amines) is 6. The second-order valence-corrected chi connectivity index (χ2v) is 29.9. The Kier molecular flexibility index (Phi) is 38.6. The molecule has 0 spiro atoms. The number of aliphatic carboxylic acids is 2. The number of carboxylic acid groups (broad SMARTS) is 2. The van der Waals surface area contributed by atoms with Crippen LogP contribution in [0.3, 0.4) is 0 Å². The molecule has 604 valence electrons. The molecule has 16 unspecified atom stereocenters. The summed E-state index contributed by atoms with van der Waals surface area (Å²) >= 11 is 0. The number of carbonyl (C=O) groups excluding carboxylic acids is 6. The molecule has 7 aliphatic rings. The minimum absolute atomic E-state index is 0.0760. The monoisotopic (exact) mass is 1530 g/mol. The van der Waals surface area contributed by atoms with Gasteiger partial charge in [0.2, 0.25) is 0 Å². The van der Waals surface area contributed by atoms with Crippen LogP contribution in [0.15, 0.2) is 70.9 Å². The number of azide groups is 2. The van der Waals surface area contributed by atoms with Gasteiger partial charge in [0.15, 0.2) is 24.4 Å².